The molecule has 0 heterocycles. The molecule has 0 fully saturated rings. The normalized spacial score (nSPS) is 11.3. The van der Waals surface area contributed by atoms with Crippen LogP contribution in [0.25, 0.3) is 0 Å². The molecule has 8 heteroatoms. The van der Waals surface area contributed by atoms with Gasteiger partial charge in [-0.3, -0.25) is 4.79 Å². The van der Waals surface area contributed by atoms with Gasteiger partial charge in [0.05, 0.1) is 5.97 Å². The van der Waals surface area contributed by atoms with Gasteiger partial charge in [-0.05, 0) is 18.2 Å². The molecule has 0 aliphatic carbocycles. The topological polar surface area (TPSA) is 78.5 Å². The summed E-state index contributed by atoms with van der Waals surface area (Å²) in [6.07, 6.45) is -1.69. The fourth-order valence-electron chi connectivity index (χ4n) is 1.14. The summed E-state index contributed by atoms with van der Waals surface area (Å²) in [5.41, 5.74) is 0.274. The molecule has 1 aromatic rings. The Bertz CT molecular complexity index is 435. The van der Waals surface area contributed by atoms with Crippen LogP contribution in [0.4, 0.5) is 5.69 Å². The van der Waals surface area contributed by atoms with Crippen LogP contribution in [0.15, 0.2) is 18.2 Å². The minimum atomic E-state index is -1.69. The van der Waals surface area contributed by atoms with Crippen molar-refractivity contribution in [2.45, 2.75) is 6.10 Å². The number of anilines is 1. The quantitative estimate of drug-likeness (QED) is 0.498. The van der Waals surface area contributed by atoms with Crippen LogP contribution in [-0.2, 0) is 14.3 Å². The summed E-state index contributed by atoms with van der Waals surface area (Å²) in [7, 11) is 1.09. The van der Waals surface area contributed by atoms with Crippen LogP contribution >= 0.6 is 23.2 Å². The maximum Gasteiger partial charge on any atom is 1.00 e. The molecule has 1 rings (SSSR count). The van der Waals surface area contributed by atoms with Crippen LogP contribution in [-0.4, -0.2) is 25.1 Å². The fourth-order valence-corrected chi connectivity index (χ4v) is 1.67. The zero-order chi connectivity index (χ0) is 13.0. The fraction of sp³-hybridized carbons (Fsp3) is 0.200. The third-order valence-electron chi connectivity index (χ3n) is 1.82. The number of halogens is 2. The Hall–Kier alpha value is -0.703. The molecule has 0 radical (unpaired) electrons. The van der Waals surface area contributed by atoms with Gasteiger partial charge in [0.25, 0.3) is 5.91 Å². The number of hydrogen-bond donors (Lipinski definition) is 1. The first-order valence-corrected chi connectivity index (χ1v) is 5.20. The second-order valence-electron chi connectivity index (χ2n) is 3.08. The molecule has 0 aliphatic heterocycles. The Balaban J connectivity index is 0.00000289. The van der Waals surface area contributed by atoms with Crippen molar-refractivity contribution >= 4 is 40.8 Å². The average Bonchev–Trinajstić information content (AvgIpc) is 2.15. The van der Waals surface area contributed by atoms with Gasteiger partial charge in [0.15, 0.2) is 6.10 Å². The van der Waals surface area contributed by atoms with E-state index in [0.29, 0.717) is 10.0 Å². The van der Waals surface area contributed by atoms with Crippen molar-refractivity contribution in [3.05, 3.63) is 28.2 Å². The Morgan fingerprint density at radius 1 is 1.28 bits per heavy atom. The van der Waals surface area contributed by atoms with Gasteiger partial charge in [-0.2, -0.15) is 0 Å². The number of amides is 1. The monoisotopic (exact) mass is 283 g/mol. The van der Waals surface area contributed by atoms with Crippen LogP contribution in [0.3, 0.4) is 0 Å². The number of carboxylic acid groups (broad SMARTS) is 1. The van der Waals surface area contributed by atoms with E-state index in [9.17, 15) is 14.7 Å². The molecule has 1 N–H and O–H groups in total. The first-order valence-electron chi connectivity index (χ1n) is 4.44. The Kier molecular flexibility index (Phi) is 7.37. The molecule has 18 heavy (non-hydrogen) atoms. The predicted molar refractivity (Wildman–Crippen MR) is 60.9 cm³/mol. The van der Waals surface area contributed by atoms with Gasteiger partial charge >= 0.3 is 18.9 Å². The second kappa shape index (κ2) is 7.67. The minimum absolute atomic E-state index is 0. The number of methoxy groups -OCH3 is 1. The maximum absolute atomic E-state index is 11.5. The molecular weight excluding hydrogens is 276 g/mol. The molecule has 5 nitrogen and oxygen atoms in total. The van der Waals surface area contributed by atoms with E-state index >= 15 is 0 Å². The molecule has 1 atom stereocenters. The summed E-state index contributed by atoms with van der Waals surface area (Å²) >= 11 is 11.4. The Labute approximate surface area is 126 Å². The summed E-state index contributed by atoms with van der Waals surface area (Å²) in [5.74, 6) is -2.50. The molecule has 0 aromatic heterocycles. The molecule has 0 saturated heterocycles. The zero-order valence-corrected chi connectivity index (χ0v) is 11.2. The van der Waals surface area contributed by atoms with Gasteiger partial charge in [0.2, 0.25) is 0 Å². The first-order chi connectivity index (χ1) is 7.93. The summed E-state index contributed by atoms with van der Waals surface area (Å²) in [6, 6.07) is 4.33. The molecule has 0 saturated carbocycles. The third kappa shape index (κ3) is 4.89. The Morgan fingerprint density at radius 2 is 1.78 bits per heavy atom. The van der Waals surface area contributed by atoms with Gasteiger partial charge in [-0.1, -0.05) is 23.2 Å². The molecule has 1 aromatic carbocycles. The minimum Gasteiger partial charge on any atom is -0.547 e. The number of benzene rings is 1. The average molecular weight is 284 g/mol. The molecule has 0 spiro atoms. The number of aliphatic carboxylic acids is 1. The van der Waals surface area contributed by atoms with Crippen LogP contribution in [0.2, 0.25) is 10.0 Å². The number of hydrogen-bond acceptors (Lipinski definition) is 4. The van der Waals surface area contributed by atoms with Crippen LogP contribution in [0, 0.1) is 0 Å². The van der Waals surface area contributed by atoms with Gasteiger partial charge < -0.3 is 20.0 Å². The second-order valence-corrected chi connectivity index (χ2v) is 3.96. The number of carboxylic acids is 1. The SMILES string of the molecule is COC(C(=O)[O-])C(=O)Nc1cc(Cl)cc(Cl)c1.[Li+]. The maximum atomic E-state index is 11.5. The van der Waals surface area contributed by atoms with E-state index in [1.807, 2.05) is 0 Å². The van der Waals surface area contributed by atoms with Crippen molar-refractivity contribution in [3.63, 3.8) is 0 Å². The van der Waals surface area contributed by atoms with Crippen LogP contribution in [0.1, 0.15) is 0 Å². The van der Waals surface area contributed by atoms with E-state index in [2.05, 4.69) is 10.1 Å². The largest absolute Gasteiger partial charge is 1.00 e. The van der Waals surface area contributed by atoms with Gasteiger partial charge in [0.1, 0.15) is 0 Å². The summed E-state index contributed by atoms with van der Waals surface area (Å²) < 4.78 is 4.47. The number of nitrogens with one attached hydrogen (secondary N) is 1. The van der Waals surface area contributed by atoms with E-state index in [4.69, 9.17) is 23.2 Å². The van der Waals surface area contributed by atoms with E-state index in [-0.39, 0.29) is 24.5 Å². The molecule has 1 unspecified atom stereocenters. The number of ether oxygens (including phenoxy) is 1. The van der Waals surface area contributed by atoms with Gasteiger partial charge in [-0.15, -0.1) is 0 Å². The number of carbonyl (C=O) groups is 2. The number of carbonyl (C=O) groups excluding carboxylic acids is 2. The molecular formula is C10H8Cl2LiNO4. The van der Waals surface area contributed by atoms with Gasteiger partial charge in [-0.25, -0.2) is 0 Å². The predicted octanol–water partition coefficient (Wildman–Crippen LogP) is -2.30. The molecule has 92 valence electrons. The van der Waals surface area contributed by atoms with E-state index in [1.54, 1.807) is 0 Å². The zero-order valence-electron chi connectivity index (χ0n) is 9.70. The molecule has 0 aliphatic rings. The van der Waals surface area contributed by atoms with Crippen LogP contribution < -0.4 is 29.3 Å². The van der Waals surface area contributed by atoms with E-state index in [1.165, 1.54) is 18.2 Å². The molecule has 0 bridgehead atoms. The van der Waals surface area contributed by atoms with Crippen molar-refractivity contribution in [2.24, 2.45) is 0 Å². The number of rotatable bonds is 4. The van der Waals surface area contributed by atoms with Crippen molar-refractivity contribution in [3.8, 4) is 0 Å². The summed E-state index contributed by atoms with van der Waals surface area (Å²) in [5, 5.41) is 13.5. The Morgan fingerprint density at radius 3 is 2.17 bits per heavy atom. The molecule has 1 amide bonds. The van der Waals surface area contributed by atoms with Crippen molar-refractivity contribution in [2.75, 3.05) is 12.4 Å². The summed E-state index contributed by atoms with van der Waals surface area (Å²) in [4.78, 5) is 22.0. The van der Waals surface area contributed by atoms with Crippen LogP contribution in [0.5, 0.6) is 0 Å². The van der Waals surface area contributed by atoms with E-state index < -0.39 is 18.0 Å². The van der Waals surface area contributed by atoms with E-state index in [0.717, 1.165) is 7.11 Å². The van der Waals surface area contributed by atoms with Crippen molar-refractivity contribution < 1.29 is 38.3 Å². The standard InChI is InChI=1S/C10H9Cl2NO4.Li/c1-17-8(10(15)16)9(14)13-7-3-5(11)2-6(12)4-7;/h2-4,8H,1H3,(H,13,14)(H,15,16);/q;+1/p-1. The third-order valence-corrected chi connectivity index (χ3v) is 2.25. The summed E-state index contributed by atoms with van der Waals surface area (Å²) in [6.45, 7) is 0. The van der Waals surface area contributed by atoms with Crippen molar-refractivity contribution in [1.82, 2.24) is 0 Å². The van der Waals surface area contributed by atoms with Gasteiger partial charge in [0, 0.05) is 22.8 Å². The first kappa shape index (κ1) is 17.3. The smallest absolute Gasteiger partial charge is 0.547 e. The van der Waals surface area contributed by atoms with Crippen molar-refractivity contribution in [1.29, 1.82) is 0 Å².